The number of carbonyl (C=O) groups is 1. The van der Waals surface area contributed by atoms with E-state index in [2.05, 4.69) is 50.2 Å². The van der Waals surface area contributed by atoms with Gasteiger partial charge in [0.25, 0.3) is 5.56 Å². The van der Waals surface area contributed by atoms with Crippen molar-refractivity contribution in [3.8, 4) is 11.5 Å². The van der Waals surface area contributed by atoms with Gasteiger partial charge in [-0.15, -0.1) is 0 Å². The topological polar surface area (TPSA) is 79.1 Å². The second-order valence-corrected chi connectivity index (χ2v) is 13.5. The molecule has 5 rings (SSSR count). The molecule has 2 heterocycles. The molecule has 0 fully saturated rings. The lowest BCUT2D eigenvalue weighted by molar-refractivity contribution is -0.139. The molecule has 0 amide bonds. The van der Waals surface area contributed by atoms with Crippen LogP contribution < -0.4 is 24.4 Å². The third-order valence-corrected chi connectivity index (χ3v) is 9.33. The van der Waals surface area contributed by atoms with E-state index in [0.29, 0.717) is 43.2 Å². The van der Waals surface area contributed by atoms with E-state index in [0.717, 1.165) is 12.7 Å². The van der Waals surface area contributed by atoms with Crippen LogP contribution in [0, 0.1) is 13.0 Å². The predicted molar refractivity (Wildman–Crippen MR) is 185 cm³/mol. The Morgan fingerprint density at radius 3 is 2.48 bits per heavy atom. The first kappa shape index (κ1) is 32.4. The Kier molecular flexibility index (Phi) is 10.3. The van der Waals surface area contributed by atoms with Crippen LogP contribution in [-0.4, -0.2) is 23.2 Å². The summed E-state index contributed by atoms with van der Waals surface area (Å²) in [7, 11) is 0. The van der Waals surface area contributed by atoms with Crippen molar-refractivity contribution in [2.24, 2.45) is 4.99 Å². The molecule has 228 valence electrons. The van der Waals surface area contributed by atoms with Crippen molar-refractivity contribution >= 4 is 68.6 Å². The number of rotatable bonds is 9. The summed E-state index contributed by atoms with van der Waals surface area (Å²) in [5, 5.41) is 0. The zero-order valence-electron chi connectivity index (χ0n) is 24.4. The van der Waals surface area contributed by atoms with E-state index in [1.54, 1.807) is 36.6 Å². The van der Waals surface area contributed by atoms with Crippen LogP contribution in [0.15, 0.2) is 81.7 Å². The molecule has 0 aliphatic carbocycles. The maximum absolute atomic E-state index is 14.1. The summed E-state index contributed by atoms with van der Waals surface area (Å²) in [6, 6.07) is 17.0. The summed E-state index contributed by atoms with van der Waals surface area (Å²) in [4.78, 5) is 32.5. The molecule has 1 aliphatic rings. The number of hydrogen-bond acceptors (Lipinski definition) is 7. The Hall–Kier alpha value is -3.04. The first-order valence-electron chi connectivity index (χ1n) is 13.9. The molecule has 0 radical (unpaired) electrons. The van der Waals surface area contributed by atoms with E-state index >= 15 is 0 Å². The highest BCUT2D eigenvalue weighted by Crippen LogP contribution is 2.36. The standard InChI is InChI=1S/C33H29FI2N2O5S/c1-5-41-32(40)28-19(4)37-33-38(29(28)22-11-7-9-13-26(22)43-18(2)3)31(39)27(44-33)16-20-14-24(35)30(25(36)15-20)42-17-21-10-6-8-12-23(21)34/h6-16,18,29H,5,17H2,1-4H3/b27-16+/t29-/m1/s1. The summed E-state index contributed by atoms with van der Waals surface area (Å²) < 4.78 is 35.3. The van der Waals surface area contributed by atoms with Gasteiger partial charge in [0, 0.05) is 11.1 Å². The van der Waals surface area contributed by atoms with Crippen LogP contribution in [0.25, 0.3) is 6.08 Å². The highest BCUT2D eigenvalue weighted by Gasteiger charge is 2.35. The Bertz CT molecular complexity index is 1930. The van der Waals surface area contributed by atoms with Gasteiger partial charge in [-0.1, -0.05) is 47.7 Å². The molecule has 0 unspecified atom stereocenters. The number of halogens is 3. The number of fused-ring (bicyclic) bond motifs is 1. The van der Waals surface area contributed by atoms with Crippen LogP contribution in [0.1, 0.15) is 50.4 Å². The van der Waals surface area contributed by atoms with Crippen molar-refractivity contribution in [1.82, 2.24) is 4.57 Å². The molecule has 1 aromatic heterocycles. The van der Waals surface area contributed by atoms with Crippen molar-refractivity contribution in [2.45, 2.75) is 46.4 Å². The van der Waals surface area contributed by atoms with Gasteiger partial charge in [-0.3, -0.25) is 9.36 Å². The first-order valence-corrected chi connectivity index (χ1v) is 16.9. The average molecular weight is 838 g/mol. The molecule has 0 saturated carbocycles. The number of aromatic nitrogens is 1. The first-order chi connectivity index (χ1) is 21.1. The number of para-hydroxylation sites is 1. The van der Waals surface area contributed by atoms with Crippen molar-refractivity contribution in [2.75, 3.05) is 6.61 Å². The van der Waals surface area contributed by atoms with E-state index in [9.17, 15) is 14.0 Å². The number of allylic oxidation sites excluding steroid dienone is 1. The van der Waals surface area contributed by atoms with E-state index in [-0.39, 0.29) is 30.7 Å². The molecule has 44 heavy (non-hydrogen) atoms. The van der Waals surface area contributed by atoms with Gasteiger partial charge in [-0.25, -0.2) is 14.2 Å². The Balaban J connectivity index is 1.59. The SMILES string of the molecule is CCOC(=O)C1=C(C)N=c2s/c(=C/c3cc(I)c(OCc4ccccc4F)c(I)c3)c(=O)n2[C@@H]1c1ccccc1OC(C)C. The lowest BCUT2D eigenvalue weighted by atomic mass is 9.95. The minimum absolute atomic E-state index is 0.0980. The lowest BCUT2D eigenvalue weighted by Crippen LogP contribution is -2.40. The molecule has 0 saturated heterocycles. The minimum Gasteiger partial charge on any atom is -0.491 e. The van der Waals surface area contributed by atoms with Crippen LogP contribution >= 0.6 is 56.5 Å². The second kappa shape index (κ2) is 13.9. The highest BCUT2D eigenvalue weighted by molar-refractivity contribution is 14.1. The van der Waals surface area contributed by atoms with Gasteiger partial charge in [0.1, 0.15) is 30.0 Å². The molecule has 11 heteroatoms. The number of hydrogen-bond donors (Lipinski definition) is 0. The average Bonchev–Trinajstić information content (AvgIpc) is 3.26. The molecule has 0 N–H and O–H groups in total. The minimum atomic E-state index is -0.781. The molecular formula is C33H29FI2N2O5S. The van der Waals surface area contributed by atoms with Crippen LogP contribution in [-0.2, 0) is 16.1 Å². The molecule has 4 aromatic rings. The maximum atomic E-state index is 14.1. The smallest absolute Gasteiger partial charge is 0.338 e. The van der Waals surface area contributed by atoms with E-state index in [1.165, 1.54) is 17.4 Å². The van der Waals surface area contributed by atoms with Gasteiger partial charge in [0.15, 0.2) is 4.80 Å². The number of ether oxygens (including phenoxy) is 3. The molecule has 3 aromatic carbocycles. The van der Waals surface area contributed by atoms with Crippen molar-refractivity contribution in [3.63, 3.8) is 0 Å². The van der Waals surface area contributed by atoms with Crippen LogP contribution in [0.4, 0.5) is 4.39 Å². The Labute approximate surface area is 285 Å². The normalized spacial score (nSPS) is 14.8. The zero-order chi connectivity index (χ0) is 31.5. The molecule has 1 aliphatic heterocycles. The van der Waals surface area contributed by atoms with E-state index in [1.807, 2.05) is 56.3 Å². The summed E-state index contributed by atoms with van der Waals surface area (Å²) in [5.74, 6) is 0.378. The van der Waals surface area contributed by atoms with Crippen molar-refractivity contribution < 1.29 is 23.4 Å². The molecule has 0 spiro atoms. The Morgan fingerprint density at radius 2 is 1.80 bits per heavy atom. The molecule has 7 nitrogen and oxygen atoms in total. The van der Waals surface area contributed by atoms with Gasteiger partial charge in [0.2, 0.25) is 0 Å². The largest absolute Gasteiger partial charge is 0.491 e. The maximum Gasteiger partial charge on any atom is 0.338 e. The van der Waals surface area contributed by atoms with E-state index < -0.39 is 12.0 Å². The number of carbonyl (C=O) groups excluding carboxylic acids is 1. The lowest BCUT2D eigenvalue weighted by Gasteiger charge is -2.26. The number of thiazole rings is 1. The van der Waals surface area contributed by atoms with Crippen molar-refractivity contribution in [3.05, 3.63) is 121 Å². The highest BCUT2D eigenvalue weighted by atomic mass is 127. The Morgan fingerprint density at radius 1 is 1.11 bits per heavy atom. The summed E-state index contributed by atoms with van der Waals surface area (Å²) in [6.45, 7) is 7.64. The summed E-state index contributed by atoms with van der Waals surface area (Å²) >= 11 is 5.62. The van der Waals surface area contributed by atoms with Crippen LogP contribution in [0.3, 0.4) is 0 Å². The number of nitrogens with zero attached hydrogens (tertiary/aromatic N) is 2. The second-order valence-electron chi connectivity index (χ2n) is 10.2. The number of benzene rings is 3. The fourth-order valence-electron chi connectivity index (χ4n) is 4.87. The summed E-state index contributed by atoms with van der Waals surface area (Å²) in [6.07, 6.45) is 1.69. The number of esters is 1. The molecule has 1 atom stereocenters. The fourth-order valence-corrected chi connectivity index (χ4v) is 8.05. The van der Waals surface area contributed by atoms with Gasteiger partial charge in [-0.05, 0) is 109 Å². The van der Waals surface area contributed by atoms with Crippen molar-refractivity contribution in [1.29, 1.82) is 0 Å². The third kappa shape index (κ3) is 6.79. The third-order valence-electron chi connectivity index (χ3n) is 6.74. The molecular weight excluding hydrogens is 809 g/mol. The quantitative estimate of drug-likeness (QED) is 0.142. The van der Waals surface area contributed by atoms with Crippen LogP contribution in [0.5, 0.6) is 11.5 Å². The monoisotopic (exact) mass is 838 g/mol. The van der Waals surface area contributed by atoms with Gasteiger partial charge in [-0.2, -0.15) is 0 Å². The zero-order valence-corrected chi connectivity index (χ0v) is 29.5. The molecule has 0 bridgehead atoms. The fraction of sp³-hybridized carbons (Fsp3) is 0.242. The predicted octanol–water partition coefficient (Wildman–Crippen LogP) is 6.51. The van der Waals surface area contributed by atoms with Gasteiger partial charge < -0.3 is 14.2 Å². The van der Waals surface area contributed by atoms with E-state index in [4.69, 9.17) is 14.2 Å². The van der Waals surface area contributed by atoms with Crippen LogP contribution in [0.2, 0.25) is 0 Å². The van der Waals surface area contributed by atoms with Gasteiger partial charge in [0.05, 0.1) is 35.7 Å². The van der Waals surface area contributed by atoms with Gasteiger partial charge >= 0.3 is 5.97 Å². The summed E-state index contributed by atoms with van der Waals surface area (Å²) in [5.41, 5.74) is 2.44.